The third kappa shape index (κ3) is 4.61. The van der Waals surface area contributed by atoms with Gasteiger partial charge in [0.25, 0.3) is 0 Å². The highest BCUT2D eigenvalue weighted by molar-refractivity contribution is 6.30. The van der Waals surface area contributed by atoms with Gasteiger partial charge in [0.1, 0.15) is 0 Å². The Labute approximate surface area is 213 Å². The van der Waals surface area contributed by atoms with E-state index in [4.69, 9.17) is 11.6 Å². The Morgan fingerprint density at radius 1 is 1.03 bits per heavy atom. The minimum atomic E-state index is -0.0276. The molecule has 9 atom stereocenters. The minimum Gasteiger partial charge on any atom is -0.393 e. The van der Waals surface area contributed by atoms with Gasteiger partial charge >= 0.3 is 0 Å². The van der Waals surface area contributed by atoms with Crippen molar-refractivity contribution in [2.24, 2.45) is 46.3 Å². The number of hydrogen-bond donors (Lipinski definition) is 2. The number of aliphatic hydroxyl groups is 1. The van der Waals surface area contributed by atoms with Crippen molar-refractivity contribution in [1.29, 1.82) is 0 Å². The molecule has 4 fully saturated rings. The molecule has 4 saturated carbocycles. The predicted molar refractivity (Wildman–Crippen MR) is 143 cm³/mol. The second-order valence-electron chi connectivity index (χ2n) is 13.2. The van der Waals surface area contributed by atoms with Crippen LogP contribution in [0.3, 0.4) is 0 Å². The van der Waals surface area contributed by atoms with E-state index in [-0.39, 0.29) is 6.10 Å². The summed E-state index contributed by atoms with van der Waals surface area (Å²) in [6.07, 6.45) is 14.6. The van der Waals surface area contributed by atoms with Crippen LogP contribution in [0.2, 0.25) is 5.02 Å². The van der Waals surface area contributed by atoms with Gasteiger partial charge in [-0.2, -0.15) is 0 Å². The van der Waals surface area contributed by atoms with Gasteiger partial charge in [-0.25, -0.2) is 0 Å². The van der Waals surface area contributed by atoms with Gasteiger partial charge in [-0.15, -0.1) is 0 Å². The third-order valence-corrected chi connectivity index (χ3v) is 11.9. The fraction of sp³-hybridized carbons (Fsp3) is 0.806. The Hall–Kier alpha value is -0.570. The van der Waals surface area contributed by atoms with Crippen LogP contribution < -0.4 is 5.32 Å². The third-order valence-electron chi connectivity index (χ3n) is 11.6. The Balaban J connectivity index is 1.15. The average molecular weight is 486 g/mol. The molecule has 3 heteroatoms. The van der Waals surface area contributed by atoms with Crippen LogP contribution in [0.4, 0.5) is 0 Å². The monoisotopic (exact) mass is 485 g/mol. The first-order valence-electron chi connectivity index (χ1n) is 14.4. The highest BCUT2D eigenvalue weighted by Crippen LogP contribution is 2.68. The number of fused-ring (bicyclic) bond motifs is 5. The van der Waals surface area contributed by atoms with Crippen LogP contribution >= 0.6 is 11.6 Å². The summed E-state index contributed by atoms with van der Waals surface area (Å²) in [5.41, 5.74) is 2.34. The number of hydrogen-bond acceptors (Lipinski definition) is 2. The van der Waals surface area contributed by atoms with Crippen molar-refractivity contribution < 1.29 is 5.11 Å². The number of aliphatic hydroxyl groups excluding tert-OH is 1. The van der Waals surface area contributed by atoms with Crippen molar-refractivity contribution in [3.63, 3.8) is 0 Å². The molecule has 5 rings (SSSR count). The molecule has 190 valence electrons. The van der Waals surface area contributed by atoms with Gasteiger partial charge < -0.3 is 10.4 Å². The van der Waals surface area contributed by atoms with Crippen LogP contribution in [0, 0.1) is 46.3 Å². The SMILES string of the molecule is CC(CCCNCc1cccc(Cl)c1)C1CCC2C3CCC4CC(O)CCC4(C)C3CCC12C. The van der Waals surface area contributed by atoms with Crippen LogP contribution in [0.15, 0.2) is 24.3 Å². The Bertz CT molecular complexity index is 842. The zero-order valence-electron chi connectivity index (χ0n) is 21.9. The molecule has 4 aliphatic carbocycles. The van der Waals surface area contributed by atoms with Crippen LogP contribution in [0.25, 0.3) is 0 Å². The molecule has 0 aromatic heterocycles. The molecule has 9 unspecified atom stereocenters. The summed E-state index contributed by atoms with van der Waals surface area (Å²) < 4.78 is 0. The topological polar surface area (TPSA) is 32.3 Å². The second-order valence-corrected chi connectivity index (χ2v) is 13.7. The van der Waals surface area contributed by atoms with Crippen LogP contribution in [0.1, 0.15) is 97.0 Å². The molecule has 1 aromatic rings. The lowest BCUT2D eigenvalue weighted by Crippen LogP contribution is -2.54. The molecule has 0 radical (unpaired) electrons. The summed E-state index contributed by atoms with van der Waals surface area (Å²) in [5, 5.41) is 14.8. The lowest BCUT2D eigenvalue weighted by molar-refractivity contribution is -0.129. The van der Waals surface area contributed by atoms with Crippen molar-refractivity contribution in [2.75, 3.05) is 6.54 Å². The van der Waals surface area contributed by atoms with Gasteiger partial charge in [-0.3, -0.25) is 0 Å². The molecule has 34 heavy (non-hydrogen) atoms. The van der Waals surface area contributed by atoms with E-state index in [2.05, 4.69) is 38.2 Å². The van der Waals surface area contributed by atoms with E-state index in [1.807, 2.05) is 12.1 Å². The van der Waals surface area contributed by atoms with E-state index in [0.717, 1.165) is 66.5 Å². The first-order chi connectivity index (χ1) is 16.3. The quantitative estimate of drug-likeness (QED) is 0.385. The standard InChI is InChI=1S/C31H48ClNO/c1-21(6-5-17-33-20-22-7-4-8-24(32)18-22)27-11-12-28-26-10-9-23-19-25(34)13-15-30(23,2)29(26)14-16-31(27,28)3/h4,7-8,18,21,23,25-29,33-34H,5-6,9-17,19-20H2,1-3H3. The zero-order chi connectivity index (χ0) is 23.9. The van der Waals surface area contributed by atoms with Crippen molar-refractivity contribution in [3.05, 3.63) is 34.9 Å². The Kier molecular flexibility index (Phi) is 7.43. The highest BCUT2D eigenvalue weighted by Gasteiger charge is 2.60. The maximum absolute atomic E-state index is 10.3. The molecular weight excluding hydrogens is 438 g/mol. The summed E-state index contributed by atoms with van der Waals surface area (Å²) >= 11 is 6.12. The summed E-state index contributed by atoms with van der Waals surface area (Å²) in [5.74, 6) is 5.33. The van der Waals surface area contributed by atoms with E-state index in [1.54, 1.807) is 0 Å². The smallest absolute Gasteiger partial charge is 0.0543 e. The van der Waals surface area contributed by atoms with Crippen molar-refractivity contribution in [1.82, 2.24) is 5.32 Å². The van der Waals surface area contributed by atoms with E-state index in [0.29, 0.717) is 10.8 Å². The summed E-state index contributed by atoms with van der Waals surface area (Å²) in [4.78, 5) is 0. The first kappa shape index (κ1) is 25.1. The molecule has 2 nitrogen and oxygen atoms in total. The van der Waals surface area contributed by atoms with Crippen molar-refractivity contribution in [2.45, 2.75) is 104 Å². The maximum Gasteiger partial charge on any atom is 0.0543 e. The summed E-state index contributed by atoms with van der Waals surface area (Å²) in [6, 6.07) is 8.20. The van der Waals surface area contributed by atoms with E-state index in [1.165, 1.54) is 63.4 Å². The molecule has 2 N–H and O–H groups in total. The fourth-order valence-corrected chi connectivity index (χ4v) is 10.1. The maximum atomic E-state index is 10.3. The molecule has 0 saturated heterocycles. The molecule has 0 heterocycles. The molecular formula is C31H48ClNO. The number of benzene rings is 1. The molecule has 0 amide bonds. The minimum absolute atomic E-state index is 0.0276. The number of rotatable bonds is 7. The largest absolute Gasteiger partial charge is 0.393 e. The molecule has 1 aromatic carbocycles. The highest BCUT2D eigenvalue weighted by atomic mass is 35.5. The van der Waals surface area contributed by atoms with Crippen molar-refractivity contribution >= 4 is 11.6 Å². The van der Waals surface area contributed by atoms with Crippen molar-refractivity contribution in [3.8, 4) is 0 Å². The van der Waals surface area contributed by atoms with Gasteiger partial charge in [0.2, 0.25) is 0 Å². The summed E-state index contributed by atoms with van der Waals surface area (Å²) in [7, 11) is 0. The van der Waals surface area contributed by atoms with E-state index in [9.17, 15) is 5.11 Å². The molecule has 4 aliphatic rings. The second kappa shape index (κ2) is 10.1. The lowest BCUT2D eigenvalue weighted by Gasteiger charge is -2.61. The van der Waals surface area contributed by atoms with Crippen LogP contribution in [-0.4, -0.2) is 17.8 Å². The zero-order valence-corrected chi connectivity index (χ0v) is 22.6. The van der Waals surface area contributed by atoms with E-state index >= 15 is 0 Å². The van der Waals surface area contributed by atoms with E-state index < -0.39 is 0 Å². The van der Waals surface area contributed by atoms with Crippen LogP contribution in [0.5, 0.6) is 0 Å². The predicted octanol–water partition coefficient (Wildman–Crippen LogP) is 7.87. The molecule has 0 spiro atoms. The van der Waals surface area contributed by atoms with Gasteiger partial charge in [0, 0.05) is 11.6 Å². The lowest BCUT2D eigenvalue weighted by atomic mass is 9.44. The first-order valence-corrected chi connectivity index (χ1v) is 14.8. The average Bonchev–Trinajstić information content (AvgIpc) is 3.16. The number of halogens is 1. The Morgan fingerprint density at radius 3 is 2.65 bits per heavy atom. The van der Waals surface area contributed by atoms with Gasteiger partial charge in [0.15, 0.2) is 0 Å². The van der Waals surface area contributed by atoms with Gasteiger partial charge in [-0.1, -0.05) is 44.5 Å². The fourth-order valence-electron chi connectivity index (χ4n) is 9.84. The Morgan fingerprint density at radius 2 is 1.82 bits per heavy atom. The van der Waals surface area contributed by atoms with Crippen LogP contribution in [-0.2, 0) is 6.54 Å². The molecule has 0 bridgehead atoms. The molecule has 0 aliphatic heterocycles. The number of nitrogens with one attached hydrogen (secondary N) is 1. The van der Waals surface area contributed by atoms with Gasteiger partial charge in [0.05, 0.1) is 6.10 Å². The van der Waals surface area contributed by atoms with Gasteiger partial charge in [-0.05, 0) is 141 Å². The normalized spacial score (nSPS) is 42.5. The summed E-state index contributed by atoms with van der Waals surface area (Å²) in [6.45, 7) is 9.88.